The van der Waals surface area contributed by atoms with Gasteiger partial charge in [-0.3, -0.25) is 19.2 Å². The lowest BCUT2D eigenvalue weighted by Crippen LogP contribution is -2.46. The summed E-state index contributed by atoms with van der Waals surface area (Å²) in [7, 11) is 0. The molecule has 2 aliphatic rings. The molecule has 51 heavy (non-hydrogen) atoms. The molecular weight excluding hydrogens is 660 g/mol. The number of ketones is 2. The number of hydrogen-bond donors (Lipinski definition) is 0. The highest BCUT2D eigenvalue weighted by atomic mass is 19.1. The van der Waals surface area contributed by atoms with Gasteiger partial charge in [0.1, 0.15) is 29.7 Å². The lowest BCUT2D eigenvalue weighted by Gasteiger charge is -2.32. The summed E-state index contributed by atoms with van der Waals surface area (Å²) >= 11 is 0. The van der Waals surface area contributed by atoms with Crippen LogP contribution in [0.25, 0.3) is 24.3 Å². The van der Waals surface area contributed by atoms with Crippen LogP contribution in [0.15, 0.2) is 119 Å². The Kier molecular flexibility index (Phi) is 10.3. The largest absolute Gasteiger partial charge is 0.333 e. The fourth-order valence-electron chi connectivity index (χ4n) is 5.83. The Labute approximate surface area is 291 Å². The molecule has 2 aliphatic heterocycles. The molecule has 0 aromatic heterocycles. The maximum Gasteiger partial charge on any atom is 0.232 e. The second-order valence-electron chi connectivity index (χ2n) is 12.2. The summed E-state index contributed by atoms with van der Waals surface area (Å²) in [6, 6.07) is 21.9. The van der Waals surface area contributed by atoms with Gasteiger partial charge in [0.2, 0.25) is 11.8 Å². The Hall–Kier alpha value is -6.16. The van der Waals surface area contributed by atoms with Gasteiger partial charge in [0.15, 0.2) is 11.6 Å². The van der Waals surface area contributed by atoms with Crippen molar-refractivity contribution in [2.45, 2.75) is 6.42 Å². The van der Waals surface area contributed by atoms with Crippen LogP contribution in [-0.2, 0) is 19.2 Å². The minimum atomic E-state index is -0.580. The zero-order valence-corrected chi connectivity index (χ0v) is 27.1. The highest BCUT2D eigenvalue weighted by Crippen LogP contribution is 2.26. The van der Waals surface area contributed by atoms with Gasteiger partial charge in [0.05, 0.1) is 0 Å². The minimum absolute atomic E-state index is 0.118. The SMILES string of the molecule is O=C1/C(=C/c2ccc(F)cc2)CN(C(=O)CC(=O)N2C/C(=C\c3ccc(F)cc3)C(=O)/C(=C/c3ccc(F)cc3)C2)C/C1=C\c1ccc(F)cc1. The number of Topliss-reactive ketones (excluding diaryl/α,β-unsaturated/α-hetero) is 2. The van der Waals surface area contributed by atoms with E-state index in [9.17, 15) is 36.7 Å². The molecule has 2 fully saturated rings. The van der Waals surface area contributed by atoms with E-state index in [1.54, 1.807) is 24.3 Å². The van der Waals surface area contributed by atoms with Crippen molar-refractivity contribution in [2.75, 3.05) is 26.2 Å². The summed E-state index contributed by atoms with van der Waals surface area (Å²) in [5.74, 6) is -3.66. The van der Waals surface area contributed by atoms with Crippen molar-refractivity contribution in [3.05, 3.63) is 165 Å². The van der Waals surface area contributed by atoms with E-state index in [-0.39, 0.29) is 60.0 Å². The molecule has 2 saturated heterocycles. The smallest absolute Gasteiger partial charge is 0.232 e. The van der Waals surface area contributed by atoms with Crippen molar-refractivity contribution in [3.63, 3.8) is 0 Å². The van der Waals surface area contributed by atoms with Crippen molar-refractivity contribution < 1.29 is 36.7 Å². The van der Waals surface area contributed by atoms with Gasteiger partial charge in [-0.25, -0.2) is 17.6 Å². The zero-order valence-electron chi connectivity index (χ0n) is 27.1. The zero-order chi connectivity index (χ0) is 36.1. The van der Waals surface area contributed by atoms with Gasteiger partial charge in [0, 0.05) is 48.5 Å². The predicted octanol–water partition coefficient (Wildman–Crippen LogP) is 7.09. The molecule has 0 N–H and O–H groups in total. The number of piperidine rings is 2. The molecule has 0 saturated carbocycles. The molecule has 2 amide bonds. The number of hydrogen-bond acceptors (Lipinski definition) is 4. The number of halogens is 4. The molecule has 256 valence electrons. The third-order valence-corrected chi connectivity index (χ3v) is 8.46. The Morgan fingerprint density at radius 3 is 0.863 bits per heavy atom. The highest BCUT2D eigenvalue weighted by Gasteiger charge is 2.33. The first-order valence-electron chi connectivity index (χ1n) is 16.0. The third-order valence-electron chi connectivity index (χ3n) is 8.46. The van der Waals surface area contributed by atoms with Crippen LogP contribution >= 0.6 is 0 Å². The lowest BCUT2D eigenvalue weighted by molar-refractivity contribution is -0.140. The quantitative estimate of drug-likeness (QED) is 0.123. The van der Waals surface area contributed by atoms with Gasteiger partial charge in [-0.05, 0) is 95.1 Å². The van der Waals surface area contributed by atoms with E-state index in [1.807, 2.05) is 0 Å². The topological polar surface area (TPSA) is 74.8 Å². The average Bonchev–Trinajstić information content (AvgIpc) is 3.11. The van der Waals surface area contributed by atoms with Crippen molar-refractivity contribution in [1.29, 1.82) is 0 Å². The molecule has 0 radical (unpaired) electrons. The molecule has 6 nitrogen and oxygen atoms in total. The molecule has 0 unspecified atom stereocenters. The van der Waals surface area contributed by atoms with E-state index in [0.29, 0.717) is 22.3 Å². The van der Waals surface area contributed by atoms with E-state index in [0.717, 1.165) is 0 Å². The molecule has 10 heteroatoms. The molecule has 4 aromatic rings. The van der Waals surface area contributed by atoms with Gasteiger partial charge >= 0.3 is 0 Å². The molecule has 0 aliphatic carbocycles. The van der Waals surface area contributed by atoms with Crippen LogP contribution in [0.2, 0.25) is 0 Å². The van der Waals surface area contributed by atoms with Crippen LogP contribution in [0.3, 0.4) is 0 Å². The van der Waals surface area contributed by atoms with Crippen molar-refractivity contribution in [2.24, 2.45) is 0 Å². The van der Waals surface area contributed by atoms with Crippen molar-refractivity contribution in [1.82, 2.24) is 9.80 Å². The summed E-state index contributed by atoms with van der Waals surface area (Å²) in [6.07, 6.45) is 5.63. The maximum absolute atomic E-state index is 13.8. The molecular formula is C41H30F4N2O4. The van der Waals surface area contributed by atoms with Crippen LogP contribution in [0, 0.1) is 23.3 Å². The molecule has 4 aromatic carbocycles. The van der Waals surface area contributed by atoms with Gasteiger partial charge in [-0.15, -0.1) is 0 Å². The highest BCUT2D eigenvalue weighted by molar-refractivity contribution is 6.17. The Balaban J connectivity index is 1.27. The van der Waals surface area contributed by atoms with Crippen LogP contribution in [0.5, 0.6) is 0 Å². The summed E-state index contributed by atoms with van der Waals surface area (Å²) in [5.41, 5.74) is 3.07. The first kappa shape index (κ1) is 34.7. The Bertz CT molecular complexity index is 1830. The third kappa shape index (κ3) is 8.72. The second-order valence-corrected chi connectivity index (χ2v) is 12.2. The number of amides is 2. The second kappa shape index (κ2) is 15.2. The van der Waals surface area contributed by atoms with Gasteiger partial charge in [-0.1, -0.05) is 48.5 Å². The first-order chi connectivity index (χ1) is 24.5. The first-order valence-corrected chi connectivity index (χ1v) is 16.0. The maximum atomic E-state index is 13.8. The molecule has 0 bridgehead atoms. The van der Waals surface area contributed by atoms with Crippen molar-refractivity contribution >= 4 is 47.7 Å². The number of benzene rings is 4. The summed E-state index contributed by atoms with van der Waals surface area (Å²) in [6.45, 7) is -0.472. The number of carbonyl (C=O) groups is 4. The fraction of sp³-hybridized carbons (Fsp3) is 0.122. The predicted molar refractivity (Wildman–Crippen MR) is 185 cm³/mol. The Morgan fingerprint density at radius 1 is 0.431 bits per heavy atom. The van der Waals surface area contributed by atoms with Crippen LogP contribution in [0.4, 0.5) is 17.6 Å². The van der Waals surface area contributed by atoms with Crippen LogP contribution < -0.4 is 0 Å². The molecule has 2 heterocycles. The van der Waals surface area contributed by atoms with Crippen LogP contribution in [-0.4, -0.2) is 59.4 Å². The number of rotatable bonds is 6. The lowest BCUT2D eigenvalue weighted by atomic mass is 9.93. The standard InChI is InChI=1S/C41H30F4N2O4/c42-34-9-1-26(2-10-34)17-30-22-46(23-31(40(30)50)18-27-3-11-35(43)12-4-27)38(48)21-39(49)47-24-32(19-28-5-13-36(44)14-6-28)41(51)33(25-47)20-29-7-15-37(45)16-8-29/h1-20H,21-25H2/b30-17+,31-18+,32-19+,33-20+. The summed E-state index contributed by atoms with van der Waals surface area (Å²) in [5, 5.41) is 0. The normalized spacial score (nSPS) is 18.3. The van der Waals surface area contributed by atoms with E-state index < -0.39 is 41.5 Å². The van der Waals surface area contributed by atoms with Gasteiger partial charge < -0.3 is 9.80 Å². The monoisotopic (exact) mass is 690 g/mol. The van der Waals surface area contributed by atoms with Crippen LogP contribution in [0.1, 0.15) is 28.7 Å². The number of nitrogens with zero attached hydrogens (tertiary/aromatic N) is 2. The summed E-state index contributed by atoms with van der Waals surface area (Å²) in [4.78, 5) is 57.4. The molecule has 6 rings (SSSR count). The van der Waals surface area contributed by atoms with Gasteiger partial charge in [0.25, 0.3) is 0 Å². The summed E-state index contributed by atoms with van der Waals surface area (Å²) < 4.78 is 54.3. The van der Waals surface area contributed by atoms with Crippen molar-refractivity contribution in [3.8, 4) is 0 Å². The van der Waals surface area contributed by atoms with E-state index in [4.69, 9.17) is 0 Å². The molecule has 0 atom stereocenters. The van der Waals surface area contributed by atoms with Gasteiger partial charge in [-0.2, -0.15) is 0 Å². The van der Waals surface area contributed by atoms with E-state index >= 15 is 0 Å². The number of carbonyl (C=O) groups excluding carboxylic acids is 4. The number of likely N-dealkylation sites (tertiary alicyclic amines) is 2. The van der Waals surface area contributed by atoms with E-state index in [2.05, 4.69) is 0 Å². The van der Waals surface area contributed by atoms with E-state index in [1.165, 1.54) is 107 Å². The fourth-order valence-corrected chi connectivity index (χ4v) is 5.83. The average molecular weight is 691 g/mol. The Morgan fingerprint density at radius 2 is 0.647 bits per heavy atom. The minimum Gasteiger partial charge on any atom is -0.333 e. The molecule has 0 spiro atoms.